The van der Waals surface area contributed by atoms with Crippen LogP contribution in [0.5, 0.6) is 0 Å². The Kier molecular flexibility index (Phi) is 4.50. The van der Waals surface area contributed by atoms with Gasteiger partial charge in [-0.3, -0.25) is 4.99 Å². The third-order valence-corrected chi connectivity index (χ3v) is 5.86. The molecule has 24 heavy (non-hydrogen) atoms. The molecule has 1 aliphatic heterocycles. The molecule has 4 rings (SSSR count). The number of fused-ring (bicyclic) bond motifs is 1. The van der Waals surface area contributed by atoms with E-state index in [-0.39, 0.29) is 0 Å². The van der Waals surface area contributed by atoms with Crippen molar-refractivity contribution in [1.82, 2.24) is 9.88 Å². The van der Waals surface area contributed by atoms with Crippen molar-refractivity contribution in [1.29, 1.82) is 0 Å². The highest BCUT2D eigenvalue weighted by Crippen LogP contribution is 2.27. The molecule has 1 atom stereocenters. The zero-order valence-corrected chi connectivity index (χ0v) is 14.9. The highest BCUT2D eigenvalue weighted by Gasteiger charge is 2.20. The number of hydrogen-bond donors (Lipinski definition) is 1. The van der Waals surface area contributed by atoms with E-state index in [2.05, 4.69) is 63.8 Å². The van der Waals surface area contributed by atoms with Crippen molar-refractivity contribution < 1.29 is 0 Å². The van der Waals surface area contributed by atoms with Crippen LogP contribution in [0, 0.1) is 0 Å². The summed E-state index contributed by atoms with van der Waals surface area (Å²) in [6.45, 7) is 1.25. The van der Waals surface area contributed by atoms with Gasteiger partial charge in [0.25, 0.3) is 0 Å². The Morgan fingerprint density at radius 1 is 1.38 bits per heavy atom. The number of nitrogens with zero attached hydrogens (tertiary/aromatic N) is 2. The zero-order chi connectivity index (χ0) is 16.4. The lowest BCUT2D eigenvalue weighted by molar-refractivity contribution is 0.297. The number of aromatic nitrogens is 1. The number of H-pyrrole nitrogens is 1. The van der Waals surface area contributed by atoms with Gasteiger partial charge in [-0.25, -0.2) is 0 Å². The molecule has 1 aliphatic rings. The van der Waals surface area contributed by atoms with Crippen LogP contribution in [0.4, 0.5) is 5.69 Å². The lowest BCUT2D eigenvalue weighted by Gasteiger charge is -2.18. The van der Waals surface area contributed by atoms with Crippen molar-refractivity contribution in [3.05, 3.63) is 52.3 Å². The summed E-state index contributed by atoms with van der Waals surface area (Å²) in [5.41, 5.74) is 3.65. The first-order valence-electron chi connectivity index (χ1n) is 8.67. The quantitative estimate of drug-likeness (QED) is 0.652. The summed E-state index contributed by atoms with van der Waals surface area (Å²) >= 11 is 1.71. The number of benzene rings is 1. The van der Waals surface area contributed by atoms with Crippen molar-refractivity contribution in [2.75, 3.05) is 13.6 Å². The third-order valence-electron chi connectivity index (χ3n) is 5.05. The second-order valence-corrected chi connectivity index (χ2v) is 7.61. The van der Waals surface area contributed by atoms with Gasteiger partial charge in [0.2, 0.25) is 0 Å². The fraction of sp³-hybridized carbons (Fsp3) is 0.350. The van der Waals surface area contributed by atoms with E-state index in [0.717, 1.165) is 18.2 Å². The van der Waals surface area contributed by atoms with Crippen molar-refractivity contribution in [3.8, 4) is 0 Å². The van der Waals surface area contributed by atoms with Gasteiger partial charge >= 0.3 is 0 Å². The fourth-order valence-corrected chi connectivity index (χ4v) is 4.21. The topological polar surface area (TPSA) is 31.4 Å². The maximum Gasteiger partial charge on any atom is 0.0637 e. The van der Waals surface area contributed by atoms with Crippen LogP contribution in [0.3, 0.4) is 0 Å². The molecule has 0 bridgehead atoms. The highest BCUT2D eigenvalue weighted by molar-refractivity contribution is 7.11. The predicted molar refractivity (Wildman–Crippen MR) is 104 cm³/mol. The molecule has 0 amide bonds. The Bertz CT molecular complexity index is 832. The molecule has 124 valence electrons. The maximum atomic E-state index is 4.63. The van der Waals surface area contributed by atoms with Crippen LogP contribution in [0.2, 0.25) is 0 Å². The Morgan fingerprint density at radius 2 is 2.33 bits per heavy atom. The second-order valence-electron chi connectivity index (χ2n) is 6.63. The fourth-order valence-electron chi connectivity index (χ4n) is 3.62. The van der Waals surface area contributed by atoms with Crippen LogP contribution >= 0.6 is 11.3 Å². The average molecular weight is 337 g/mol. The first kappa shape index (κ1) is 15.6. The molecule has 4 heteroatoms. The van der Waals surface area contributed by atoms with Crippen molar-refractivity contribution in [3.63, 3.8) is 0 Å². The maximum absolute atomic E-state index is 4.63. The molecule has 0 aliphatic carbocycles. The van der Waals surface area contributed by atoms with E-state index in [9.17, 15) is 0 Å². The van der Waals surface area contributed by atoms with Crippen LogP contribution < -0.4 is 0 Å². The number of aryl methyl sites for hydroxylation is 1. The first-order chi connectivity index (χ1) is 11.8. The molecule has 1 aromatic carbocycles. The summed E-state index contributed by atoms with van der Waals surface area (Å²) in [5.74, 6) is 0. The lowest BCUT2D eigenvalue weighted by Crippen LogP contribution is -2.25. The largest absolute Gasteiger partial charge is 0.361 e. The number of thiophene rings is 1. The van der Waals surface area contributed by atoms with E-state index in [1.807, 2.05) is 6.21 Å². The normalized spacial score (nSPS) is 19.0. The van der Waals surface area contributed by atoms with Gasteiger partial charge in [-0.2, -0.15) is 0 Å². The molecular weight excluding hydrogens is 314 g/mol. The summed E-state index contributed by atoms with van der Waals surface area (Å²) in [7, 11) is 2.25. The molecule has 3 aromatic rings. The molecule has 1 fully saturated rings. The SMILES string of the molecule is CN1CCC[C@H]1CCc1c[nH]c2ccc(N=Cc3cccs3)cc12. The van der Waals surface area contributed by atoms with Crippen molar-refractivity contribution >= 4 is 34.1 Å². The van der Waals surface area contributed by atoms with E-state index < -0.39 is 0 Å². The predicted octanol–water partition coefficient (Wildman–Crippen LogP) is 5.01. The van der Waals surface area contributed by atoms with Gasteiger partial charge < -0.3 is 9.88 Å². The third kappa shape index (κ3) is 3.30. The van der Waals surface area contributed by atoms with Gasteiger partial charge in [0.1, 0.15) is 0 Å². The molecule has 0 unspecified atom stereocenters. The molecule has 1 saturated heterocycles. The summed E-state index contributed by atoms with van der Waals surface area (Å²) in [6, 6.07) is 11.3. The number of likely N-dealkylation sites (tertiary alicyclic amines) is 1. The average Bonchev–Trinajstić information content (AvgIpc) is 3.32. The Labute approximate surface area is 147 Å². The molecular formula is C20H23N3S. The summed E-state index contributed by atoms with van der Waals surface area (Å²) < 4.78 is 0. The first-order valence-corrected chi connectivity index (χ1v) is 9.55. The molecule has 0 spiro atoms. The number of nitrogens with one attached hydrogen (secondary N) is 1. The molecule has 1 N–H and O–H groups in total. The molecule has 0 saturated carbocycles. The van der Waals surface area contributed by atoms with Gasteiger partial charge in [0.15, 0.2) is 0 Å². The minimum absolute atomic E-state index is 0.745. The zero-order valence-electron chi connectivity index (χ0n) is 14.0. The standard InChI is InChI=1S/C20H23N3S/c1-23-10-2-4-17(23)8-6-15-13-22-20-9-7-16(12-19(15)20)21-14-18-5-3-11-24-18/h3,5,7,9,11-14,17,22H,2,4,6,8,10H2,1H3/t17-/m0/s1. The lowest BCUT2D eigenvalue weighted by atomic mass is 10.0. The summed E-state index contributed by atoms with van der Waals surface area (Å²) in [4.78, 5) is 11.7. The van der Waals surface area contributed by atoms with Crippen LogP contribution in [-0.4, -0.2) is 35.7 Å². The number of aromatic amines is 1. The van der Waals surface area contributed by atoms with E-state index in [1.165, 1.54) is 47.2 Å². The number of hydrogen-bond acceptors (Lipinski definition) is 3. The number of aliphatic imine (C=N–C) groups is 1. The van der Waals surface area contributed by atoms with Crippen LogP contribution in [-0.2, 0) is 6.42 Å². The van der Waals surface area contributed by atoms with E-state index >= 15 is 0 Å². The number of rotatable bonds is 5. The highest BCUT2D eigenvalue weighted by atomic mass is 32.1. The Morgan fingerprint density at radius 3 is 3.12 bits per heavy atom. The Balaban J connectivity index is 1.52. The van der Waals surface area contributed by atoms with E-state index in [4.69, 9.17) is 0 Å². The van der Waals surface area contributed by atoms with E-state index in [0.29, 0.717) is 0 Å². The summed E-state index contributed by atoms with van der Waals surface area (Å²) in [6.07, 6.45) is 9.18. The Hall–Kier alpha value is -1.91. The van der Waals surface area contributed by atoms with Crippen LogP contribution in [0.25, 0.3) is 10.9 Å². The van der Waals surface area contributed by atoms with Gasteiger partial charge in [-0.1, -0.05) is 6.07 Å². The minimum Gasteiger partial charge on any atom is -0.361 e. The monoisotopic (exact) mass is 337 g/mol. The minimum atomic E-state index is 0.745. The second kappa shape index (κ2) is 6.91. The molecule has 0 radical (unpaired) electrons. The van der Waals surface area contributed by atoms with Crippen LogP contribution in [0.1, 0.15) is 29.7 Å². The van der Waals surface area contributed by atoms with E-state index in [1.54, 1.807) is 11.3 Å². The van der Waals surface area contributed by atoms with Gasteiger partial charge in [-0.05, 0) is 74.5 Å². The van der Waals surface area contributed by atoms with Crippen LogP contribution in [0.15, 0.2) is 46.9 Å². The summed E-state index contributed by atoms with van der Waals surface area (Å²) in [5, 5.41) is 3.39. The molecule has 3 nitrogen and oxygen atoms in total. The van der Waals surface area contributed by atoms with Gasteiger partial charge in [0, 0.05) is 34.2 Å². The molecule has 2 aromatic heterocycles. The van der Waals surface area contributed by atoms with Crippen molar-refractivity contribution in [2.24, 2.45) is 4.99 Å². The van der Waals surface area contributed by atoms with Gasteiger partial charge in [0.05, 0.1) is 5.69 Å². The molecule has 3 heterocycles. The van der Waals surface area contributed by atoms with Gasteiger partial charge in [-0.15, -0.1) is 11.3 Å². The smallest absolute Gasteiger partial charge is 0.0637 e. The van der Waals surface area contributed by atoms with Crippen molar-refractivity contribution in [2.45, 2.75) is 31.7 Å².